The van der Waals surface area contributed by atoms with Crippen LogP contribution in [0.15, 0.2) is 18.2 Å². The lowest BCUT2D eigenvalue weighted by Gasteiger charge is -2.26. The van der Waals surface area contributed by atoms with Crippen LogP contribution in [0, 0.1) is 11.8 Å². The molecule has 8 nitrogen and oxygen atoms in total. The molecule has 0 radical (unpaired) electrons. The fraction of sp³-hybridized carbons (Fsp3) is 0.556. The molecule has 1 aromatic carbocycles. The highest BCUT2D eigenvalue weighted by Crippen LogP contribution is 2.40. The Kier molecular flexibility index (Phi) is 4.94. The average molecular weight is 361 g/mol. The van der Waals surface area contributed by atoms with Gasteiger partial charge < -0.3 is 24.8 Å². The van der Waals surface area contributed by atoms with Crippen LogP contribution in [0.3, 0.4) is 0 Å². The number of amides is 2. The number of hydrogen-bond donors (Lipinski definition) is 2. The molecule has 2 unspecified atom stereocenters. The molecule has 1 saturated carbocycles. The van der Waals surface area contributed by atoms with Crippen molar-refractivity contribution >= 4 is 17.5 Å². The van der Waals surface area contributed by atoms with Gasteiger partial charge in [-0.15, -0.1) is 0 Å². The highest BCUT2D eigenvalue weighted by Gasteiger charge is 2.47. The number of carbonyl (C=O) groups is 2. The summed E-state index contributed by atoms with van der Waals surface area (Å²) >= 11 is 0. The Morgan fingerprint density at radius 3 is 2.69 bits per heavy atom. The molecule has 2 aliphatic heterocycles. The third-order valence-electron chi connectivity index (χ3n) is 4.94. The zero-order chi connectivity index (χ0) is 17.9. The number of anilines is 1. The van der Waals surface area contributed by atoms with Gasteiger partial charge in [0.15, 0.2) is 11.5 Å². The van der Waals surface area contributed by atoms with Crippen molar-refractivity contribution in [2.24, 2.45) is 11.8 Å². The summed E-state index contributed by atoms with van der Waals surface area (Å²) in [7, 11) is 0. The van der Waals surface area contributed by atoms with Crippen molar-refractivity contribution in [3.63, 3.8) is 0 Å². The maximum Gasteiger partial charge on any atom is 0.231 e. The van der Waals surface area contributed by atoms with Gasteiger partial charge in [0.05, 0.1) is 25.0 Å². The number of carbonyl (C=O) groups excluding carboxylic acids is 2. The SMILES string of the molecule is O=C(NCCN1CCOCC1)C1CC1C(=O)Nc1ccc2c(c1)OCO2. The summed E-state index contributed by atoms with van der Waals surface area (Å²) in [5, 5.41) is 5.79. The molecule has 1 saturated heterocycles. The van der Waals surface area contributed by atoms with E-state index in [1.807, 2.05) is 0 Å². The average Bonchev–Trinajstić information content (AvgIpc) is 3.33. The van der Waals surface area contributed by atoms with Gasteiger partial charge in [-0.2, -0.15) is 0 Å². The van der Waals surface area contributed by atoms with Crippen LogP contribution in [-0.4, -0.2) is 62.9 Å². The van der Waals surface area contributed by atoms with Gasteiger partial charge in [-0.25, -0.2) is 0 Å². The fourth-order valence-electron chi connectivity index (χ4n) is 3.28. The molecule has 0 spiro atoms. The van der Waals surface area contributed by atoms with Crippen LogP contribution in [0.5, 0.6) is 11.5 Å². The molecule has 0 aromatic heterocycles. The molecular formula is C18H23N3O5. The summed E-state index contributed by atoms with van der Waals surface area (Å²) in [5.74, 6) is 0.641. The van der Waals surface area contributed by atoms with Crippen LogP contribution in [0.1, 0.15) is 6.42 Å². The molecule has 140 valence electrons. The van der Waals surface area contributed by atoms with Crippen molar-refractivity contribution in [2.45, 2.75) is 6.42 Å². The smallest absolute Gasteiger partial charge is 0.231 e. The van der Waals surface area contributed by atoms with E-state index < -0.39 is 0 Å². The standard InChI is InChI=1S/C18H23N3O5/c22-17(19-3-4-21-5-7-24-8-6-21)13-10-14(13)18(23)20-12-1-2-15-16(9-12)26-11-25-15/h1-2,9,13-14H,3-8,10-11H2,(H,19,22)(H,20,23). The minimum atomic E-state index is -0.260. The van der Waals surface area contributed by atoms with Gasteiger partial charge >= 0.3 is 0 Å². The molecular weight excluding hydrogens is 338 g/mol. The Balaban J connectivity index is 1.20. The van der Waals surface area contributed by atoms with Crippen molar-refractivity contribution < 1.29 is 23.8 Å². The van der Waals surface area contributed by atoms with Gasteiger partial charge in [0.25, 0.3) is 0 Å². The minimum absolute atomic E-state index is 0.0379. The van der Waals surface area contributed by atoms with Crippen LogP contribution >= 0.6 is 0 Å². The molecule has 1 aliphatic carbocycles. The predicted molar refractivity (Wildman–Crippen MR) is 93.1 cm³/mol. The van der Waals surface area contributed by atoms with E-state index in [1.165, 1.54) is 0 Å². The largest absolute Gasteiger partial charge is 0.454 e. The highest BCUT2D eigenvalue weighted by molar-refractivity contribution is 5.99. The first-order valence-electron chi connectivity index (χ1n) is 8.99. The zero-order valence-electron chi connectivity index (χ0n) is 14.5. The monoisotopic (exact) mass is 361 g/mol. The van der Waals surface area contributed by atoms with Gasteiger partial charge in [0, 0.05) is 37.9 Å². The fourth-order valence-corrected chi connectivity index (χ4v) is 3.28. The van der Waals surface area contributed by atoms with E-state index in [4.69, 9.17) is 14.2 Å². The first-order chi connectivity index (χ1) is 12.7. The number of fused-ring (bicyclic) bond motifs is 1. The zero-order valence-corrected chi connectivity index (χ0v) is 14.5. The van der Waals surface area contributed by atoms with Gasteiger partial charge in [-0.05, 0) is 18.6 Å². The third-order valence-corrected chi connectivity index (χ3v) is 4.94. The molecule has 2 fully saturated rings. The highest BCUT2D eigenvalue weighted by atomic mass is 16.7. The summed E-state index contributed by atoms with van der Waals surface area (Å²) < 4.78 is 15.9. The number of ether oxygens (including phenoxy) is 3. The Bertz CT molecular complexity index is 689. The molecule has 0 bridgehead atoms. The molecule has 2 heterocycles. The number of rotatable bonds is 6. The van der Waals surface area contributed by atoms with Gasteiger partial charge in [0.1, 0.15) is 0 Å². The van der Waals surface area contributed by atoms with Gasteiger partial charge in [-0.3, -0.25) is 14.5 Å². The second-order valence-electron chi connectivity index (χ2n) is 6.75. The van der Waals surface area contributed by atoms with Crippen molar-refractivity contribution in [3.8, 4) is 11.5 Å². The Morgan fingerprint density at radius 2 is 1.85 bits per heavy atom. The van der Waals surface area contributed by atoms with Crippen molar-refractivity contribution in [3.05, 3.63) is 18.2 Å². The maximum atomic E-state index is 12.3. The Labute approximate surface area is 151 Å². The van der Waals surface area contributed by atoms with Crippen LogP contribution in [0.25, 0.3) is 0 Å². The molecule has 2 N–H and O–H groups in total. The van der Waals surface area contributed by atoms with E-state index in [0.29, 0.717) is 30.2 Å². The predicted octanol–water partition coefficient (Wildman–Crippen LogP) is 0.438. The first kappa shape index (κ1) is 17.1. The number of hydrogen-bond acceptors (Lipinski definition) is 6. The molecule has 4 rings (SSSR count). The van der Waals surface area contributed by atoms with E-state index in [9.17, 15) is 9.59 Å². The quantitative estimate of drug-likeness (QED) is 0.764. The molecule has 2 amide bonds. The van der Waals surface area contributed by atoms with Crippen LogP contribution < -0.4 is 20.1 Å². The summed E-state index contributed by atoms with van der Waals surface area (Å²) in [6.45, 7) is 4.92. The Morgan fingerprint density at radius 1 is 1.08 bits per heavy atom. The number of benzene rings is 1. The first-order valence-corrected chi connectivity index (χ1v) is 8.99. The summed E-state index contributed by atoms with van der Waals surface area (Å²) in [6, 6.07) is 5.27. The van der Waals surface area contributed by atoms with Crippen LogP contribution in [-0.2, 0) is 14.3 Å². The number of morpholine rings is 1. The Hall–Kier alpha value is -2.32. The number of nitrogens with zero attached hydrogens (tertiary/aromatic N) is 1. The molecule has 1 aromatic rings. The van der Waals surface area contributed by atoms with Crippen molar-refractivity contribution in [2.75, 3.05) is 51.5 Å². The van der Waals surface area contributed by atoms with E-state index in [-0.39, 0.29) is 30.4 Å². The van der Waals surface area contributed by atoms with Crippen molar-refractivity contribution in [1.29, 1.82) is 0 Å². The lowest BCUT2D eigenvalue weighted by atomic mass is 10.2. The van der Waals surface area contributed by atoms with E-state index >= 15 is 0 Å². The van der Waals surface area contributed by atoms with E-state index in [2.05, 4.69) is 15.5 Å². The lowest BCUT2D eigenvalue weighted by molar-refractivity contribution is -0.125. The molecule has 26 heavy (non-hydrogen) atoms. The molecule has 3 aliphatic rings. The third kappa shape index (κ3) is 3.91. The molecule has 2 atom stereocenters. The lowest BCUT2D eigenvalue weighted by Crippen LogP contribution is -2.41. The normalized spacial score (nSPS) is 24.2. The van der Waals surface area contributed by atoms with Gasteiger partial charge in [-0.1, -0.05) is 0 Å². The van der Waals surface area contributed by atoms with E-state index in [1.54, 1.807) is 18.2 Å². The second kappa shape index (κ2) is 7.51. The summed E-state index contributed by atoms with van der Waals surface area (Å²) in [4.78, 5) is 26.8. The van der Waals surface area contributed by atoms with E-state index in [0.717, 1.165) is 32.8 Å². The summed E-state index contributed by atoms with van der Waals surface area (Å²) in [5.41, 5.74) is 0.651. The molecule has 8 heteroatoms. The van der Waals surface area contributed by atoms with Crippen LogP contribution in [0.4, 0.5) is 5.69 Å². The number of nitrogens with one attached hydrogen (secondary N) is 2. The maximum absolute atomic E-state index is 12.3. The topological polar surface area (TPSA) is 89.1 Å². The van der Waals surface area contributed by atoms with Crippen LogP contribution in [0.2, 0.25) is 0 Å². The summed E-state index contributed by atoms with van der Waals surface area (Å²) in [6.07, 6.45) is 0.597. The second-order valence-corrected chi connectivity index (χ2v) is 6.75. The van der Waals surface area contributed by atoms with Crippen molar-refractivity contribution in [1.82, 2.24) is 10.2 Å². The minimum Gasteiger partial charge on any atom is -0.454 e. The van der Waals surface area contributed by atoms with Gasteiger partial charge in [0.2, 0.25) is 18.6 Å².